The Morgan fingerprint density at radius 1 is 1.26 bits per heavy atom. The quantitative estimate of drug-likeness (QED) is 0.433. The second-order valence-electron chi connectivity index (χ2n) is 8.35. The molecule has 3 aromatic heterocycles. The monoisotopic (exact) mass is 487 g/mol. The van der Waals surface area contributed by atoms with Crippen molar-refractivity contribution in [1.82, 2.24) is 34.4 Å². The van der Waals surface area contributed by atoms with Crippen molar-refractivity contribution in [1.29, 1.82) is 0 Å². The number of aromatic nitrogens is 6. The van der Waals surface area contributed by atoms with Crippen LogP contribution in [0, 0.1) is 11.7 Å². The van der Waals surface area contributed by atoms with Crippen molar-refractivity contribution in [3.05, 3.63) is 65.3 Å². The van der Waals surface area contributed by atoms with Crippen molar-refractivity contribution in [2.45, 2.75) is 45.5 Å². The van der Waals surface area contributed by atoms with Gasteiger partial charge in [0, 0.05) is 31.9 Å². The summed E-state index contributed by atoms with van der Waals surface area (Å²) in [5, 5.41) is 6.97. The molecule has 8 nitrogen and oxygen atoms in total. The largest absolute Gasteiger partial charge is 0.392 e. The molecule has 4 heterocycles. The Labute approximate surface area is 197 Å². The summed E-state index contributed by atoms with van der Waals surface area (Å²) >= 11 is 0. The molecule has 0 fully saturated rings. The van der Waals surface area contributed by atoms with E-state index in [4.69, 9.17) is 0 Å². The van der Waals surface area contributed by atoms with E-state index in [1.807, 2.05) is 6.92 Å². The molecule has 4 aromatic rings. The third kappa shape index (κ3) is 4.35. The molecule has 1 N–H and O–H groups in total. The van der Waals surface area contributed by atoms with Gasteiger partial charge in [0.2, 0.25) is 5.78 Å². The Balaban J connectivity index is 1.31. The predicted molar refractivity (Wildman–Crippen MR) is 117 cm³/mol. The second-order valence-corrected chi connectivity index (χ2v) is 8.35. The fourth-order valence-corrected chi connectivity index (χ4v) is 4.23. The molecule has 0 aliphatic carbocycles. The standard InChI is InChI=1S/C23H21F4N7O/c1-2-17-19(33-8-3-7-28-22(33)30-17)21(35)29-12-13-4-5-15(16(24)10-13)20-31-18-11-14(23(25,26)27)6-9-34(18)32-20/h3-5,7-8,10,14H,2,6,9,11-12H2,1H3,(H,29,35)/t14-/m0/s1. The molecule has 1 aliphatic rings. The lowest BCUT2D eigenvalue weighted by molar-refractivity contribution is -0.179. The van der Waals surface area contributed by atoms with E-state index in [0.29, 0.717) is 29.1 Å². The summed E-state index contributed by atoms with van der Waals surface area (Å²) in [4.78, 5) is 25.5. The van der Waals surface area contributed by atoms with Crippen LogP contribution in [0.15, 0.2) is 36.7 Å². The molecule has 12 heteroatoms. The highest BCUT2D eigenvalue weighted by Gasteiger charge is 2.42. The summed E-state index contributed by atoms with van der Waals surface area (Å²) in [6, 6.07) is 6.04. The third-order valence-electron chi connectivity index (χ3n) is 6.08. The predicted octanol–water partition coefficient (Wildman–Crippen LogP) is 3.74. The van der Waals surface area contributed by atoms with E-state index < -0.39 is 17.9 Å². The fraction of sp³-hybridized carbons (Fsp3) is 0.348. The molecular weight excluding hydrogens is 466 g/mol. The van der Waals surface area contributed by atoms with Gasteiger partial charge in [-0.15, -0.1) is 0 Å². The van der Waals surface area contributed by atoms with Gasteiger partial charge >= 0.3 is 6.18 Å². The molecule has 0 spiro atoms. The van der Waals surface area contributed by atoms with Crippen LogP contribution in [0.5, 0.6) is 0 Å². The van der Waals surface area contributed by atoms with E-state index in [2.05, 4.69) is 25.4 Å². The van der Waals surface area contributed by atoms with Gasteiger partial charge in [0.05, 0.1) is 17.2 Å². The number of aryl methyl sites for hydroxylation is 2. The van der Waals surface area contributed by atoms with Crippen LogP contribution < -0.4 is 5.32 Å². The number of benzene rings is 1. The number of fused-ring (bicyclic) bond motifs is 2. The Morgan fingerprint density at radius 2 is 2.09 bits per heavy atom. The Hall–Kier alpha value is -3.83. The van der Waals surface area contributed by atoms with E-state index in [9.17, 15) is 22.4 Å². The molecule has 1 atom stereocenters. The first kappa shape index (κ1) is 22.9. The number of carbonyl (C=O) groups is 1. The first-order valence-corrected chi connectivity index (χ1v) is 11.1. The number of hydrogen-bond donors (Lipinski definition) is 1. The number of rotatable bonds is 5. The number of halogens is 4. The zero-order chi connectivity index (χ0) is 24.7. The van der Waals surface area contributed by atoms with Gasteiger partial charge in [0.15, 0.2) is 5.82 Å². The first-order valence-electron chi connectivity index (χ1n) is 11.1. The van der Waals surface area contributed by atoms with Crippen LogP contribution in [0.3, 0.4) is 0 Å². The molecule has 0 unspecified atom stereocenters. The minimum atomic E-state index is -4.30. The SMILES string of the molecule is CCc1nc2ncccn2c1C(=O)NCc1ccc(-c2nc3n(n2)CC[C@H](C(F)(F)F)C3)c(F)c1. The zero-order valence-corrected chi connectivity index (χ0v) is 18.7. The van der Waals surface area contributed by atoms with Gasteiger partial charge in [-0.3, -0.25) is 9.20 Å². The first-order chi connectivity index (χ1) is 16.7. The van der Waals surface area contributed by atoms with Crippen molar-refractivity contribution in [2.24, 2.45) is 5.92 Å². The van der Waals surface area contributed by atoms with Gasteiger partial charge < -0.3 is 5.32 Å². The topological polar surface area (TPSA) is 90.0 Å². The lowest BCUT2D eigenvalue weighted by Crippen LogP contribution is -2.31. The summed E-state index contributed by atoms with van der Waals surface area (Å²) < 4.78 is 57.1. The number of carbonyl (C=O) groups excluding carboxylic acids is 1. The number of nitrogens with zero attached hydrogens (tertiary/aromatic N) is 6. The van der Waals surface area contributed by atoms with Crippen LogP contribution >= 0.6 is 0 Å². The highest BCUT2D eigenvalue weighted by Crippen LogP contribution is 2.35. The molecule has 35 heavy (non-hydrogen) atoms. The molecule has 1 aliphatic heterocycles. The Kier molecular flexibility index (Phi) is 5.73. The minimum Gasteiger partial charge on any atom is -0.347 e. The maximum Gasteiger partial charge on any atom is 0.392 e. The summed E-state index contributed by atoms with van der Waals surface area (Å²) in [6.45, 7) is 2.03. The average molecular weight is 487 g/mol. The van der Waals surface area contributed by atoms with E-state index in [1.54, 1.807) is 28.9 Å². The van der Waals surface area contributed by atoms with Gasteiger partial charge in [-0.2, -0.15) is 18.3 Å². The highest BCUT2D eigenvalue weighted by molar-refractivity contribution is 5.94. The van der Waals surface area contributed by atoms with Crippen LogP contribution in [-0.4, -0.2) is 41.2 Å². The molecule has 0 saturated heterocycles. The van der Waals surface area contributed by atoms with Crippen LogP contribution in [0.4, 0.5) is 17.6 Å². The molecule has 0 saturated carbocycles. The lowest BCUT2D eigenvalue weighted by atomic mass is 9.98. The highest BCUT2D eigenvalue weighted by atomic mass is 19.4. The van der Waals surface area contributed by atoms with Crippen molar-refractivity contribution < 1.29 is 22.4 Å². The van der Waals surface area contributed by atoms with E-state index in [1.165, 1.54) is 16.8 Å². The van der Waals surface area contributed by atoms with Crippen LogP contribution in [0.2, 0.25) is 0 Å². The van der Waals surface area contributed by atoms with Crippen molar-refractivity contribution in [2.75, 3.05) is 0 Å². The molecule has 5 rings (SSSR count). The number of nitrogens with one attached hydrogen (secondary N) is 1. The lowest BCUT2D eigenvalue weighted by Gasteiger charge is -2.24. The molecule has 0 radical (unpaired) electrons. The van der Waals surface area contributed by atoms with Gasteiger partial charge in [-0.25, -0.2) is 24.0 Å². The van der Waals surface area contributed by atoms with E-state index in [0.717, 1.165) is 0 Å². The molecule has 1 aromatic carbocycles. The fourth-order valence-electron chi connectivity index (χ4n) is 4.23. The van der Waals surface area contributed by atoms with Crippen molar-refractivity contribution in [3.8, 4) is 11.4 Å². The molecule has 1 amide bonds. The molecular formula is C23H21F4N7O. The summed E-state index contributed by atoms with van der Waals surface area (Å²) in [7, 11) is 0. The van der Waals surface area contributed by atoms with Crippen molar-refractivity contribution >= 4 is 11.7 Å². The van der Waals surface area contributed by atoms with E-state index >= 15 is 0 Å². The van der Waals surface area contributed by atoms with E-state index in [-0.39, 0.29) is 49.1 Å². The Morgan fingerprint density at radius 3 is 2.83 bits per heavy atom. The maximum absolute atomic E-state index is 14.9. The van der Waals surface area contributed by atoms with Crippen LogP contribution in [-0.2, 0) is 25.9 Å². The van der Waals surface area contributed by atoms with Gasteiger partial charge in [0.25, 0.3) is 5.91 Å². The summed E-state index contributed by atoms with van der Waals surface area (Å²) in [6.07, 6.45) is -0.823. The summed E-state index contributed by atoms with van der Waals surface area (Å²) in [5.74, 6) is -1.81. The smallest absolute Gasteiger partial charge is 0.347 e. The minimum absolute atomic E-state index is 0.0433. The third-order valence-corrected chi connectivity index (χ3v) is 6.08. The van der Waals surface area contributed by atoms with Crippen LogP contribution in [0.25, 0.3) is 17.2 Å². The zero-order valence-electron chi connectivity index (χ0n) is 18.7. The Bertz CT molecular complexity index is 1410. The number of amides is 1. The van der Waals surface area contributed by atoms with Gasteiger partial charge in [0.1, 0.15) is 17.3 Å². The second kappa shape index (κ2) is 8.75. The van der Waals surface area contributed by atoms with Gasteiger partial charge in [-0.1, -0.05) is 13.0 Å². The molecule has 0 bridgehead atoms. The molecule has 182 valence electrons. The summed E-state index contributed by atoms with van der Waals surface area (Å²) in [5.41, 5.74) is 1.57. The van der Waals surface area contributed by atoms with Gasteiger partial charge in [-0.05, 0) is 36.6 Å². The average Bonchev–Trinajstić information content (AvgIpc) is 3.42. The normalized spacial score (nSPS) is 15.9. The van der Waals surface area contributed by atoms with Crippen LogP contribution in [0.1, 0.15) is 40.9 Å². The number of hydrogen-bond acceptors (Lipinski definition) is 5. The van der Waals surface area contributed by atoms with Crippen molar-refractivity contribution in [3.63, 3.8) is 0 Å². The number of imidazole rings is 1. The maximum atomic E-state index is 14.9. The number of alkyl halides is 3.